The van der Waals surface area contributed by atoms with Crippen LogP contribution in [0.15, 0.2) is 36.5 Å². The van der Waals surface area contributed by atoms with Gasteiger partial charge in [0.2, 0.25) is 0 Å². The summed E-state index contributed by atoms with van der Waals surface area (Å²) < 4.78 is 0. The van der Waals surface area contributed by atoms with E-state index >= 15 is 0 Å². The lowest BCUT2D eigenvalue weighted by atomic mass is 10.3. The van der Waals surface area contributed by atoms with Crippen molar-refractivity contribution < 1.29 is 5.11 Å². The zero-order valence-electron chi connectivity index (χ0n) is 8.33. The Bertz CT molecular complexity index is 324. The molecule has 0 aromatic rings. The lowest BCUT2D eigenvalue weighted by Gasteiger charge is -1.79. The van der Waals surface area contributed by atoms with E-state index in [9.17, 15) is 0 Å². The maximum absolute atomic E-state index is 8.47. The lowest BCUT2D eigenvalue weighted by Crippen LogP contribution is -1.73. The molecule has 0 bridgehead atoms. The predicted octanol–water partition coefficient (Wildman–Crippen LogP) is 2.06. The van der Waals surface area contributed by atoms with Crippen molar-refractivity contribution in [2.45, 2.75) is 13.3 Å². The number of hydrogen-bond acceptors (Lipinski definition) is 1. The van der Waals surface area contributed by atoms with Crippen molar-refractivity contribution in [2.75, 3.05) is 6.61 Å². The third-order valence-electron chi connectivity index (χ3n) is 1.20. The molecule has 14 heavy (non-hydrogen) atoms. The first-order valence-electron chi connectivity index (χ1n) is 4.43. The number of aliphatic hydroxyl groups excluding tert-OH is 1. The Morgan fingerprint density at radius 3 is 2.57 bits per heavy atom. The highest BCUT2D eigenvalue weighted by molar-refractivity contribution is 5.31. The van der Waals surface area contributed by atoms with Gasteiger partial charge in [0.05, 0.1) is 0 Å². The van der Waals surface area contributed by atoms with E-state index < -0.39 is 0 Å². The Balaban J connectivity index is 3.70. The molecule has 0 amide bonds. The molecule has 72 valence electrons. The summed E-state index contributed by atoms with van der Waals surface area (Å²) >= 11 is 0. The van der Waals surface area contributed by atoms with Gasteiger partial charge in [0.15, 0.2) is 0 Å². The predicted molar refractivity (Wildman–Crippen MR) is 60.3 cm³/mol. The van der Waals surface area contributed by atoms with Gasteiger partial charge in [0, 0.05) is 6.61 Å². The fourth-order valence-electron chi connectivity index (χ4n) is 0.622. The first-order valence-corrected chi connectivity index (χ1v) is 4.43. The average molecular weight is 186 g/mol. The van der Waals surface area contributed by atoms with Crippen LogP contribution in [0.5, 0.6) is 0 Å². The molecule has 0 fully saturated rings. The fourth-order valence-corrected chi connectivity index (χ4v) is 0.622. The summed E-state index contributed by atoms with van der Waals surface area (Å²) in [5, 5.41) is 8.47. The first kappa shape index (κ1) is 12.3. The second-order valence-corrected chi connectivity index (χ2v) is 2.33. The minimum Gasteiger partial charge on any atom is -0.396 e. The van der Waals surface area contributed by atoms with E-state index in [4.69, 9.17) is 5.11 Å². The molecule has 0 saturated heterocycles. The van der Waals surface area contributed by atoms with Gasteiger partial charge in [0.25, 0.3) is 0 Å². The Morgan fingerprint density at radius 2 is 1.86 bits per heavy atom. The summed E-state index contributed by atoms with van der Waals surface area (Å²) in [6.07, 6.45) is 11.8. The second kappa shape index (κ2) is 11.3. The molecule has 0 unspecified atom stereocenters. The van der Waals surface area contributed by atoms with Crippen molar-refractivity contribution in [3.05, 3.63) is 36.5 Å². The average Bonchev–Trinajstić information content (AvgIpc) is 2.21. The molecule has 0 aliphatic heterocycles. The molecule has 1 heteroatoms. The van der Waals surface area contributed by atoms with E-state index in [1.165, 1.54) is 0 Å². The Kier molecular flexibility index (Phi) is 9.93. The highest BCUT2D eigenvalue weighted by atomic mass is 16.2. The van der Waals surface area contributed by atoms with Crippen LogP contribution in [-0.4, -0.2) is 11.7 Å². The van der Waals surface area contributed by atoms with Gasteiger partial charge in [0.1, 0.15) is 0 Å². The van der Waals surface area contributed by atoms with Gasteiger partial charge < -0.3 is 5.11 Å². The molecule has 0 aromatic heterocycles. The van der Waals surface area contributed by atoms with Gasteiger partial charge in [-0.2, -0.15) is 0 Å². The quantitative estimate of drug-likeness (QED) is 0.526. The third kappa shape index (κ3) is 10.3. The van der Waals surface area contributed by atoms with Crippen LogP contribution in [0, 0.1) is 23.7 Å². The normalized spacial score (nSPS) is 10.1. The van der Waals surface area contributed by atoms with Gasteiger partial charge in [-0.25, -0.2) is 0 Å². The zero-order chi connectivity index (χ0) is 10.5. The fraction of sp³-hybridized carbons (Fsp3) is 0.231. The molecule has 0 atom stereocenters. The van der Waals surface area contributed by atoms with E-state index in [1.807, 2.05) is 30.4 Å². The molecule has 1 nitrogen and oxygen atoms in total. The number of rotatable bonds is 4. The zero-order valence-corrected chi connectivity index (χ0v) is 8.33. The standard InChI is InChI=1S/C13H14O/c1-2-3-4-5-6-7-8-9-10-11-12-13-14/h6-11,14H,12-13H2,1H3. The summed E-state index contributed by atoms with van der Waals surface area (Å²) in [6, 6.07) is 0. The lowest BCUT2D eigenvalue weighted by molar-refractivity contribution is 0.302. The van der Waals surface area contributed by atoms with Crippen LogP contribution in [-0.2, 0) is 0 Å². The maximum atomic E-state index is 8.47. The molecule has 0 spiro atoms. The molecule has 0 aliphatic carbocycles. The molecule has 0 heterocycles. The maximum Gasteiger partial charge on any atom is 0.0465 e. The van der Waals surface area contributed by atoms with Crippen molar-refractivity contribution in [3.63, 3.8) is 0 Å². The van der Waals surface area contributed by atoms with E-state index in [1.54, 1.807) is 13.0 Å². The van der Waals surface area contributed by atoms with Crippen LogP contribution < -0.4 is 0 Å². The topological polar surface area (TPSA) is 20.2 Å². The minimum atomic E-state index is 0.196. The second-order valence-electron chi connectivity index (χ2n) is 2.33. The molecular formula is C13H14O. The van der Waals surface area contributed by atoms with E-state index in [2.05, 4.69) is 23.7 Å². The van der Waals surface area contributed by atoms with E-state index in [-0.39, 0.29) is 6.61 Å². The molecule has 0 aromatic carbocycles. The van der Waals surface area contributed by atoms with Crippen LogP contribution in [0.1, 0.15) is 13.3 Å². The molecule has 0 aliphatic rings. The number of allylic oxidation sites excluding steroid dienone is 5. The summed E-state index contributed by atoms with van der Waals surface area (Å²) in [4.78, 5) is 0. The number of aliphatic hydroxyl groups is 1. The smallest absolute Gasteiger partial charge is 0.0465 e. The van der Waals surface area contributed by atoms with Crippen LogP contribution in [0.4, 0.5) is 0 Å². The molecule has 0 saturated carbocycles. The monoisotopic (exact) mass is 186 g/mol. The summed E-state index contributed by atoms with van der Waals surface area (Å²) in [7, 11) is 0. The van der Waals surface area contributed by atoms with Gasteiger partial charge >= 0.3 is 0 Å². The summed E-state index contributed by atoms with van der Waals surface area (Å²) in [5.74, 6) is 10.8. The SMILES string of the molecule is CC#CC#CC=CC=CC=CCCO. The van der Waals surface area contributed by atoms with Crippen LogP contribution in [0.3, 0.4) is 0 Å². The first-order chi connectivity index (χ1) is 6.91. The highest BCUT2D eigenvalue weighted by Crippen LogP contribution is 1.83. The van der Waals surface area contributed by atoms with Crippen molar-refractivity contribution in [2.24, 2.45) is 0 Å². The largest absolute Gasteiger partial charge is 0.396 e. The minimum absolute atomic E-state index is 0.196. The van der Waals surface area contributed by atoms with Crippen LogP contribution in [0.2, 0.25) is 0 Å². The van der Waals surface area contributed by atoms with E-state index in [0.717, 1.165) is 0 Å². The van der Waals surface area contributed by atoms with Gasteiger partial charge in [-0.05, 0) is 31.3 Å². The van der Waals surface area contributed by atoms with Crippen molar-refractivity contribution in [1.29, 1.82) is 0 Å². The van der Waals surface area contributed by atoms with Crippen molar-refractivity contribution in [1.82, 2.24) is 0 Å². The van der Waals surface area contributed by atoms with Gasteiger partial charge in [-0.15, -0.1) is 0 Å². The molecular weight excluding hydrogens is 172 g/mol. The third-order valence-corrected chi connectivity index (χ3v) is 1.20. The summed E-state index contributed by atoms with van der Waals surface area (Å²) in [6.45, 7) is 1.95. The van der Waals surface area contributed by atoms with Crippen LogP contribution >= 0.6 is 0 Å². The van der Waals surface area contributed by atoms with E-state index in [0.29, 0.717) is 6.42 Å². The Hall–Kier alpha value is -1.70. The van der Waals surface area contributed by atoms with Crippen molar-refractivity contribution in [3.8, 4) is 23.7 Å². The molecule has 0 rings (SSSR count). The van der Waals surface area contributed by atoms with Gasteiger partial charge in [-0.3, -0.25) is 0 Å². The Labute approximate surface area is 85.8 Å². The highest BCUT2D eigenvalue weighted by Gasteiger charge is 1.69. The van der Waals surface area contributed by atoms with Gasteiger partial charge in [-0.1, -0.05) is 42.2 Å². The van der Waals surface area contributed by atoms with Crippen LogP contribution in [0.25, 0.3) is 0 Å². The molecule has 1 N–H and O–H groups in total. The van der Waals surface area contributed by atoms with Crippen molar-refractivity contribution >= 4 is 0 Å². The number of hydrogen-bond donors (Lipinski definition) is 1. The Morgan fingerprint density at radius 1 is 1.07 bits per heavy atom. The molecule has 0 radical (unpaired) electrons. The summed E-state index contributed by atoms with van der Waals surface area (Å²) in [5.41, 5.74) is 0.